The number of nitrogens with one attached hydrogen (secondary N) is 1. The van der Waals surface area contributed by atoms with Crippen molar-refractivity contribution in [1.82, 2.24) is 10.2 Å². The van der Waals surface area contributed by atoms with Crippen molar-refractivity contribution in [3.63, 3.8) is 0 Å². The van der Waals surface area contributed by atoms with Crippen LogP contribution in [0, 0.1) is 0 Å². The maximum absolute atomic E-state index is 12.0. The lowest BCUT2D eigenvalue weighted by molar-refractivity contribution is 0.0939. The quantitative estimate of drug-likeness (QED) is 0.813. The zero-order chi connectivity index (χ0) is 14.0. The monoisotopic (exact) mass is 281 g/mol. The molecular weight excluding hydrogens is 262 g/mol. The minimum atomic E-state index is -0.152. The summed E-state index contributed by atoms with van der Waals surface area (Å²) in [5, 5.41) is 3.31. The SMILES string of the molecule is CC(CNC(=O)c1ccc(N)cc1Cl)N(C)C1CC1. The maximum Gasteiger partial charge on any atom is 0.252 e. The van der Waals surface area contributed by atoms with Gasteiger partial charge in [0.2, 0.25) is 0 Å². The van der Waals surface area contributed by atoms with Crippen LogP contribution in [0.4, 0.5) is 5.69 Å². The third-order valence-corrected chi connectivity index (χ3v) is 3.93. The van der Waals surface area contributed by atoms with Crippen molar-refractivity contribution >= 4 is 23.2 Å². The molecule has 0 saturated heterocycles. The van der Waals surface area contributed by atoms with Gasteiger partial charge in [0.25, 0.3) is 5.91 Å². The molecule has 0 heterocycles. The number of nitrogens with two attached hydrogens (primary N) is 1. The topological polar surface area (TPSA) is 58.4 Å². The lowest BCUT2D eigenvalue weighted by atomic mass is 10.2. The van der Waals surface area contributed by atoms with Crippen LogP contribution < -0.4 is 11.1 Å². The molecule has 1 aromatic rings. The highest BCUT2D eigenvalue weighted by Gasteiger charge is 2.29. The largest absolute Gasteiger partial charge is 0.399 e. The van der Waals surface area contributed by atoms with E-state index in [0.29, 0.717) is 34.9 Å². The molecule has 1 aromatic carbocycles. The summed E-state index contributed by atoms with van der Waals surface area (Å²) >= 11 is 6.01. The van der Waals surface area contributed by atoms with E-state index in [4.69, 9.17) is 17.3 Å². The number of hydrogen-bond acceptors (Lipinski definition) is 3. The van der Waals surface area contributed by atoms with Crippen molar-refractivity contribution in [2.45, 2.75) is 31.8 Å². The highest BCUT2D eigenvalue weighted by molar-refractivity contribution is 6.34. The van der Waals surface area contributed by atoms with Crippen LogP contribution in [-0.4, -0.2) is 36.5 Å². The highest BCUT2D eigenvalue weighted by atomic mass is 35.5. The Labute approximate surface area is 118 Å². The van der Waals surface area contributed by atoms with Gasteiger partial charge in [-0.3, -0.25) is 9.69 Å². The number of anilines is 1. The first-order valence-electron chi connectivity index (χ1n) is 6.54. The Balaban J connectivity index is 1.89. The van der Waals surface area contributed by atoms with E-state index in [1.807, 2.05) is 0 Å². The lowest BCUT2D eigenvalue weighted by Crippen LogP contribution is -2.41. The molecule has 19 heavy (non-hydrogen) atoms. The molecule has 3 N–H and O–H groups in total. The van der Waals surface area contributed by atoms with E-state index in [1.165, 1.54) is 12.8 Å². The Morgan fingerprint density at radius 3 is 2.84 bits per heavy atom. The number of rotatable bonds is 5. The normalized spacial score (nSPS) is 16.4. The number of nitrogens with zero attached hydrogens (tertiary/aromatic N) is 1. The second-order valence-electron chi connectivity index (χ2n) is 5.19. The van der Waals surface area contributed by atoms with Crippen LogP contribution in [-0.2, 0) is 0 Å². The van der Waals surface area contributed by atoms with Crippen LogP contribution in [0.2, 0.25) is 5.02 Å². The molecule has 4 nitrogen and oxygen atoms in total. The molecule has 0 aliphatic heterocycles. The molecule has 1 fully saturated rings. The van der Waals surface area contributed by atoms with Crippen molar-refractivity contribution in [1.29, 1.82) is 0 Å². The van der Waals surface area contributed by atoms with Crippen molar-refractivity contribution in [3.8, 4) is 0 Å². The molecule has 1 aliphatic rings. The van der Waals surface area contributed by atoms with Crippen molar-refractivity contribution in [2.75, 3.05) is 19.3 Å². The molecule has 0 radical (unpaired) electrons. The Kier molecular flexibility index (Phi) is 4.32. The molecule has 5 heteroatoms. The second-order valence-corrected chi connectivity index (χ2v) is 5.60. The summed E-state index contributed by atoms with van der Waals surface area (Å²) in [6.07, 6.45) is 2.52. The molecule has 1 atom stereocenters. The molecule has 0 bridgehead atoms. The summed E-state index contributed by atoms with van der Waals surface area (Å²) in [6.45, 7) is 2.73. The lowest BCUT2D eigenvalue weighted by Gasteiger charge is -2.24. The number of carbonyl (C=O) groups is 1. The number of amides is 1. The van der Waals surface area contributed by atoms with Gasteiger partial charge < -0.3 is 11.1 Å². The first kappa shape index (κ1) is 14.2. The van der Waals surface area contributed by atoms with Crippen LogP contribution >= 0.6 is 11.6 Å². The van der Waals surface area contributed by atoms with Gasteiger partial charge in [0.15, 0.2) is 0 Å². The smallest absolute Gasteiger partial charge is 0.252 e. The average molecular weight is 282 g/mol. The molecule has 1 aliphatic carbocycles. The minimum Gasteiger partial charge on any atom is -0.399 e. The van der Waals surface area contributed by atoms with E-state index in [0.717, 1.165) is 0 Å². The van der Waals surface area contributed by atoms with Gasteiger partial charge in [-0.25, -0.2) is 0 Å². The molecule has 1 unspecified atom stereocenters. The highest BCUT2D eigenvalue weighted by Crippen LogP contribution is 2.26. The van der Waals surface area contributed by atoms with Gasteiger partial charge in [-0.05, 0) is 45.0 Å². The van der Waals surface area contributed by atoms with E-state index >= 15 is 0 Å². The summed E-state index contributed by atoms with van der Waals surface area (Å²) in [7, 11) is 2.10. The van der Waals surface area contributed by atoms with Crippen LogP contribution in [0.1, 0.15) is 30.1 Å². The number of halogens is 1. The Hall–Kier alpha value is -1.26. The molecule has 0 spiro atoms. The standard InChI is InChI=1S/C14H20ClN3O/c1-9(18(2)11-4-5-11)8-17-14(19)12-6-3-10(16)7-13(12)15/h3,6-7,9,11H,4-5,8,16H2,1-2H3,(H,17,19). The second kappa shape index (κ2) is 5.80. The molecule has 0 aromatic heterocycles. The van der Waals surface area contributed by atoms with E-state index in [-0.39, 0.29) is 5.91 Å². The molecule has 2 rings (SSSR count). The van der Waals surface area contributed by atoms with Crippen molar-refractivity contribution < 1.29 is 4.79 Å². The number of benzene rings is 1. The minimum absolute atomic E-state index is 0.152. The van der Waals surface area contributed by atoms with E-state index in [9.17, 15) is 4.79 Å². The van der Waals surface area contributed by atoms with Gasteiger partial charge >= 0.3 is 0 Å². The third-order valence-electron chi connectivity index (χ3n) is 3.61. The van der Waals surface area contributed by atoms with E-state index < -0.39 is 0 Å². The molecule has 1 amide bonds. The first-order valence-corrected chi connectivity index (χ1v) is 6.92. The summed E-state index contributed by atoms with van der Waals surface area (Å²) < 4.78 is 0. The summed E-state index contributed by atoms with van der Waals surface area (Å²) in [5.41, 5.74) is 6.64. The van der Waals surface area contributed by atoms with Gasteiger partial charge in [-0.15, -0.1) is 0 Å². The first-order chi connectivity index (χ1) is 8.99. The van der Waals surface area contributed by atoms with Gasteiger partial charge in [-0.1, -0.05) is 11.6 Å². The predicted octanol–water partition coefficient (Wildman–Crippen LogP) is 2.13. The maximum atomic E-state index is 12.0. The summed E-state index contributed by atoms with van der Waals surface area (Å²) in [5.74, 6) is -0.152. The van der Waals surface area contributed by atoms with Crippen molar-refractivity contribution in [2.24, 2.45) is 0 Å². The zero-order valence-electron chi connectivity index (χ0n) is 11.3. The molecular formula is C14H20ClN3O. The molecule has 1 saturated carbocycles. The van der Waals surface area contributed by atoms with Crippen LogP contribution in [0.15, 0.2) is 18.2 Å². The Morgan fingerprint density at radius 1 is 1.58 bits per heavy atom. The van der Waals surface area contributed by atoms with Gasteiger partial charge in [0, 0.05) is 24.3 Å². The summed E-state index contributed by atoms with van der Waals surface area (Å²) in [4.78, 5) is 14.3. The fourth-order valence-corrected chi connectivity index (χ4v) is 2.31. The number of likely N-dealkylation sites (N-methyl/N-ethyl adjacent to an activating group) is 1. The van der Waals surface area contributed by atoms with Crippen LogP contribution in [0.25, 0.3) is 0 Å². The fourth-order valence-electron chi connectivity index (χ4n) is 2.04. The van der Waals surface area contributed by atoms with Gasteiger partial charge in [0.1, 0.15) is 0 Å². The zero-order valence-corrected chi connectivity index (χ0v) is 12.1. The van der Waals surface area contributed by atoms with Crippen LogP contribution in [0.5, 0.6) is 0 Å². The third kappa shape index (κ3) is 3.61. The number of carbonyl (C=O) groups excluding carboxylic acids is 1. The summed E-state index contributed by atoms with van der Waals surface area (Å²) in [6, 6.07) is 5.94. The van der Waals surface area contributed by atoms with E-state index in [1.54, 1.807) is 18.2 Å². The number of nitrogen functional groups attached to an aromatic ring is 1. The van der Waals surface area contributed by atoms with Gasteiger partial charge in [0.05, 0.1) is 10.6 Å². The van der Waals surface area contributed by atoms with Crippen LogP contribution in [0.3, 0.4) is 0 Å². The number of hydrogen-bond donors (Lipinski definition) is 2. The Bertz CT molecular complexity index is 474. The van der Waals surface area contributed by atoms with Gasteiger partial charge in [-0.2, -0.15) is 0 Å². The molecule has 104 valence electrons. The van der Waals surface area contributed by atoms with Crippen molar-refractivity contribution in [3.05, 3.63) is 28.8 Å². The Morgan fingerprint density at radius 2 is 2.26 bits per heavy atom. The average Bonchev–Trinajstić information content (AvgIpc) is 3.18. The predicted molar refractivity (Wildman–Crippen MR) is 78.4 cm³/mol. The van der Waals surface area contributed by atoms with E-state index in [2.05, 4.69) is 24.2 Å². The fraction of sp³-hybridized carbons (Fsp3) is 0.500.